The Morgan fingerprint density at radius 1 is 1.24 bits per heavy atom. The molecule has 1 aromatic heterocycles. The summed E-state index contributed by atoms with van der Waals surface area (Å²) in [7, 11) is 0. The van der Waals surface area contributed by atoms with E-state index in [2.05, 4.69) is 26.2 Å². The van der Waals surface area contributed by atoms with Gasteiger partial charge in [-0.2, -0.15) is 0 Å². The first kappa shape index (κ1) is 14.5. The number of pyridine rings is 1. The van der Waals surface area contributed by atoms with E-state index in [0.717, 1.165) is 17.9 Å². The topological polar surface area (TPSA) is 34.1 Å². The van der Waals surface area contributed by atoms with Gasteiger partial charge in [0.2, 0.25) is 0 Å². The summed E-state index contributed by atoms with van der Waals surface area (Å²) in [6.07, 6.45) is 2.53. The minimum atomic E-state index is -0.291. The summed E-state index contributed by atoms with van der Waals surface area (Å²) in [6.45, 7) is 1.15. The normalized spacial score (nSPS) is 14.2. The van der Waals surface area contributed by atoms with Gasteiger partial charge in [-0.1, -0.05) is 6.07 Å². The highest BCUT2D eigenvalue weighted by Gasteiger charge is 2.20. The summed E-state index contributed by atoms with van der Waals surface area (Å²) in [5.74, 6) is 0.320. The molecule has 0 saturated heterocycles. The number of halogens is 2. The lowest BCUT2D eigenvalue weighted by molar-refractivity contribution is 0.298. The minimum absolute atomic E-state index is 0.291. The maximum Gasteiger partial charge on any atom is 0.134 e. The fraction of sp³-hybridized carbons (Fsp3) is 0.312. The molecule has 1 saturated carbocycles. The average molecular weight is 351 g/mol. The van der Waals surface area contributed by atoms with Crippen LogP contribution in [0, 0.1) is 5.82 Å². The van der Waals surface area contributed by atoms with Crippen molar-refractivity contribution in [2.75, 3.05) is 0 Å². The Kier molecular flexibility index (Phi) is 4.51. The predicted octanol–water partition coefficient (Wildman–Crippen LogP) is 3.81. The number of benzene rings is 1. The summed E-state index contributed by atoms with van der Waals surface area (Å²) < 4.78 is 19.3. The smallest absolute Gasteiger partial charge is 0.134 e. The van der Waals surface area contributed by atoms with Crippen LogP contribution in [-0.4, -0.2) is 11.0 Å². The Hall–Kier alpha value is -1.46. The highest BCUT2D eigenvalue weighted by Crippen LogP contribution is 2.26. The monoisotopic (exact) mass is 350 g/mol. The summed E-state index contributed by atoms with van der Waals surface area (Å²) in [5.41, 5.74) is 1.88. The van der Waals surface area contributed by atoms with E-state index in [-0.39, 0.29) is 5.82 Å². The second-order valence-electron chi connectivity index (χ2n) is 5.14. The van der Waals surface area contributed by atoms with E-state index in [1.807, 2.05) is 18.2 Å². The van der Waals surface area contributed by atoms with Crippen molar-refractivity contribution in [3.8, 4) is 5.75 Å². The first-order valence-corrected chi connectivity index (χ1v) is 7.76. The predicted molar refractivity (Wildman–Crippen MR) is 82.5 cm³/mol. The Bertz CT molecular complexity index is 631. The fourth-order valence-electron chi connectivity index (χ4n) is 1.99. The van der Waals surface area contributed by atoms with E-state index >= 15 is 0 Å². The van der Waals surface area contributed by atoms with Crippen LogP contribution in [0.3, 0.4) is 0 Å². The van der Waals surface area contributed by atoms with Crippen molar-refractivity contribution in [2.45, 2.75) is 32.0 Å². The van der Waals surface area contributed by atoms with Crippen LogP contribution >= 0.6 is 15.9 Å². The van der Waals surface area contributed by atoms with E-state index < -0.39 is 0 Å². The molecule has 0 amide bonds. The Morgan fingerprint density at radius 2 is 2.05 bits per heavy atom. The van der Waals surface area contributed by atoms with Crippen molar-refractivity contribution in [1.82, 2.24) is 10.3 Å². The molecular formula is C16H16BrFN2O. The van der Waals surface area contributed by atoms with Gasteiger partial charge < -0.3 is 10.1 Å². The molecule has 5 heteroatoms. The van der Waals surface area contributed by atoms with E-state index in [9.17, 15) is 4.39 Å². The van der Waals surface area contributed by atoms with Crippen LogP contribution in [0.5, 0.6) is 5.75 Å². The number of ether oxygens (including phenoxy) is 1. The van der Waals surface area contributed by atoms with Crippen LogP contribution in [0.25, 0.3) is 0 Å². The van der Waals surface area contributed by atoms with Crippen molar-refractivity contribution >= 4 is 15.9 Å². The molecular weight excluding hydrogens is 335 g/mol. The van der Waals surface area contributed by atoms with Crippen molar-refractivity contribution in [3.05, 3.63) is 58.1 Å². The summed E-state index contributed by atoms with van der Waals surface area (Å²) >= 11 is 3.29. The molecule has 1 fully saturated rings. The first-order valence-electron chi connectivity index (χ1n) is 6.97. The quantitative estimate of drug-likeness (QED) is 0.859. The molecule has 2 aromatic rings. The van der Waals surface area contributed by atoms with Crippen molar-refractivity contribution in [3.63, 3.8) is 0 Å². The van der Waals surface area contributed by atoms with Crippen LogP contribution in [0.1, 0.15) is 24.2 Å². The minimum Gasteiger partial charge on any atom is -0.486 e. The zero-order valence-corrected chi connectivity index (χ0v) is 13.1. The molecule has 0 aliphatic heterocycles. The zero-order chi connectivity index (χ0) is 14.7. The van der Waals surface area contributed by atoms with Gasteiger partial charge >= 0.3 is 0 Å². The maximum absolute atomic E-state index is 13.0. The first-order chi connectivity index (χ1) is 10.2. The van der Waals surface area contributed by atoms with E-state index in [1.54, 1.807) is 6.07 Å². The van der Waals surface area contributed by atoms with Crippen LogP contribution in [0.15, 0.2) is 40.9 Å². The van der Waals surface area contributed by atoms with Crippen LogP contribution in [0.2, 0.25) is 0 Å². The number of hydrogen-bond donors (Lipinski definition) is 1. The van der Waals surface area contributed by atoms with Crippen molar-refractivity contribution < 1.29 is 9.13 Å². The van der Waals surface area contributed by atoms with Crippen LogP contribution in [0.4, 0.5) is 4.39 Å². The Labute approximate surface area is 131 Å². The Morgan fingerprint density at radius 3 is 2.81 bits per heavy atom. The van der Waals surface area contributed by atoms with Gasteiger partial charge in [0, 0.05) is 12.6 Å². The molecule has 1 N–H and O–H groups in total. The van der Waals surface area contributed by atoms with Gasteiger partial charge in [0.15, 0.2) is 0 Å². The standard InChI is InChI=1S/C16H16BrFN2O/c17-15-8-11(18)4-7-16(15)21-10-14-3-1-2-13(20-14)9-19-12-5-6-12/h1-4,7-8,12,19H,5-6,9-10H2. The molecule has 0 atom stereocenters. The second kappa shape index (κ2) is 6.54. The molecule has 21 heavy (non-hydrogen) atoms. The largest absolute Gasteiger partial charge is 0.486 e. The Balaban J connectivity index is 1.60. The second-order valence-corrected chi connectivity index (χ2v) is 5.99. The molecule has 1 aliphatic carbocycles. The number of rotatable bonds is 6. The van der Waals surface area contributed by atoms with E-state index in [1.165, 1.54) is 25.0 Å². The van der Waals surface area contributed by atoms with E-state index in [4.69, 9.17) is 4.74 Å². The highest BCUT2D eigenvalue weighted by atomic mass is 79.9. The number of hydrogen-bond acceptors (Lipinski definition) is 3. The number of nitrogens with one attached hydrogen (secondary N) is 1. The molecule has 0 unspecified atom stereocenters. The molecule has 0 radical (unpaired) electrons. The zero-order valence-electron chi connectivity index (χ0n) is 11.5. The summed E-state index contributed by atoms with van der Waals surface area (Å²) in [6, 6.07) is 11.0. The van der Waals surface area contributed by atoms with Gasteiger partial charge in [0.25, 0.3) is 0 Å². The lowest BCUT2D eigenvalue weighted by atomic mass is 10.3. The molecule has 0 spiro atoms. The van der Waals surface area contributed by atoms with Crippen molar-refractivity contribution in [1.29, 1.82) is 0 Å². The van der Waals surface area contributed by atoms with Gasteiger partial charge in [0.05, 0.1) is 15.9 Å². The maximum atomic E-state index is 13.0. The van der Waals surface area contributed by atoms with Gasteiger partial charge in [-0.3, -0.25) is 4.98 Å². The molecule has 1 heterocycles. The number of nitrogens with zero attached hydrogens (tertiary/aromatic N) is 1. The summed E-state index contributed by atoms with van der Waals surface area (Å²) in [4.78, 5) is 4.56. The third-order valence-electron chi connectivity index (χ3n) is 3.28. The molecule has 3 rings (SSSR count). The molecule has 3 nitrogen and oxygen atoms in total. The van der Waals surface area contributed by atoms with Gasteiger partial charge in [0.1, 0.15) is 18.2 Å². The molecule has 1 aliphatic rings. The van der Waals surface area contributed by atoms with Gasteiger partial charge in [-0.15, -0.1) is 0 Å². The highest BCUT2D eigenvalue weighted by molar-refractivity contribution is 9.10. The molecule has 0 bridgehead atoms. The van der Waals surface area contributed by atoms with Crippen molar-refractivity contribution in [2.24, 2.45) is 0 Å². The van der Waals surface area contributed by atoms with Crippen LogP contribution < -0.4 is 10.1 Å². The van der Waals surface area contributed by atoms with E-state index in [0.29, 0.717) is 22.9 Å². The third kappa shape index (κ3) is 4.25. The summed E-state index contributed by atoms with van der Waals surface area (Å²) in [5, 5.41) is 3.44. The van der Waals surface area contributed by atoms with Gasteiger partial charge in [-0.25, -0.2) is 4.39 Å². The molecule has 110 valence electrons. The lowest BCUT2D eigenvalue weighted by Crippen LogP contribution is -2.16. The SMILES string of the molecule is Fc1ccc(OCc2cccc(CNC3CC3)n2)c(Br)c1. The fourth-order valence-corrected chi connectivity index (χ4v) is 2.45. The van der Waals surface area contributed by atoms with Gasteiger partial charge in [-0.05, 0) is 59.1 Å². The molecule has 1 aromatic carbocycles. The lowest BCUT2D eigenvalue weighted by Gasteiger charge is -2.09. The number of aromatic nitrogens is 1. The van der Waals surface area contributed by atoms with Crippen LogP contribution in [-0.2, 0) is 13.2 Å². The average Bonchev–Trinajstić information content (AvgIpc) is 3.29. The third-order valence-corrected chi connectivity index (χ3v) is 3.90.